The van der Waals surface area contributed by atoms with Crippen molar-refractivity contribution in [3.63, 3.8) is 0 Å². The molecule has 0 saturated heterocycles. The summed E-state index contributed by atoms with van der Waals surface area (Å²) < 4.78 is 0. The van der Waals surface area contributed by atoms with Gasteiger partial charge in [-0.05, 0) is 16.7 Å². The zero-order valence-corrected chi connectivity index (χ0v) is 11.7. The normalized spacial score (nSPS) is 16.4. The molecule has 2 aromatic rings. The molecule has 0 aromatic heterocycles. The summed E-state index contributed by atoms with van der Waals surface area (Å²) in [6, 6.07) is 18.8. The zero-order chi connectivity index (χ0) is 13.5. The highest BCUT2D eigenvalue weighted by atomic mass is 35.5. The van der Waals surface area contributed by atoms with Crippen LogP contribution < -0.4 is 0 Å². The standard InChI is InChI=1S/C16H15ClN2/c1-15(2,16(17)18-19-16)14-10-8-13(9-11-14)12-6-4-3-5-7-12/h3-11H,1-2H3. The molecular formula is C16H15ClN2. The summed E-state index contributed by atoms with van der Waals surface area (Å²) in [5.74, 6) is 0. The van der Waals surface area contributed by atoms with Crippen LogP contribution in [0.3, 0.4) is 0 Å². The Hall–Kier alpha value is -1.67. The molecule has 0 atom stereocenters. The van der Waals surface area contributed by atoms with E-state index in [9.17, 15) is 0 Å². The molecule has 2 aromatic carbocycles. The van der Waals surface area contributed by atoms with E-state index in [2.05, 4.69) is 60.5 Å². The molecule has 19 heavy (non-hydrogen) atoms. The molecule has 0 N–H and O–H groups in total. The molecule has 0 bridgehead atoms. The van der Waals surface area contributed by atoms with Gasteiger partial charge >= 0.3 is 0 Å². The molecule has 96 valence electrons. The van der Waals surface area contributed by atoms with Crippen molar-refractivity contribution in [2.24, 2.45) is 10.2 Å². The summed E-state index contributed by atoms with van der Waals surface area (Å²) in [4.78, 5) is 0. The molecule has 0 aliphatic carbocycles. The first kappa shape index (κ1) is 12.4. The fourth-order valence-corrected chi connectivity index (χ4v) is 2.33. The largest absolute Gasteiger partial charge is 0.272 e. The number of halogens is 1. The van der Waals surface area contributed by atoms with Crippen LogP contribution in [0.4, 0.5) is 0 Å². The summed E-state index contributed by atoms with van der Waals surface area (Å²) >= 11 is 6.29. The Morgan fingerprint density at radius 3 is 1.89 bits per heavy atom. The smallest absolute Gasteiger partial charge is 0.140 e. The molecule has 0 fully saturated rings. The Kier molecular flexibility index (Phi) is 2.72. The van der Waals surface area contributed by atoms with E-state index in [1.165, 1.54) is 11.1 Å². The van der Waals surface area contributed by atoms with Crippen molar-refractivity contribution in [1.82, 2.24) is 0 Å². The molecular weight excluding hydrogens is 256 g/mol. The zero-order valence-electron chi connectivity index (χ0n) is 11.0. The minimum absolute atomic E-state index is 0.288. The predicted octanol–water partition coefficient (Wildman–Crippen LogP) is 4.99. The summed E-state index contributed by atoms with van der Waals surface area (Å²) in [5, 5.41) is 7.13. The maximum absolute atomic E-state index is 6.29. The van der Waals surface area contributed by atoms with Gasteiger partial charge in [0.2, 0.25) is 0 Å². The van der Waals surface area contributed by atoms with E-state index in [4.69, 9.17) is 11.6 Å². The fourth-order valence-electron chi connectivity index (χ4n) is 2.19. The van der Waals surface area contributed by atoms with Crippen LogP contribution in [0.15, 0.2) is 64.8 Å². The molecule has 0 saturated carbocycles. The van der Waals surface area contributed by atoms with E-state index >= 15 is 0 Å². The molecule has 1 aliphatic rings. The average Bonchev–Trinajstić information content (AvgIpc) is 3.20. The molecule has 0 unspecified atom stereocenters. The van der Waals surface area contributed by atoms with Gasteiger partial charge in [-0.25, -0.2) is 0 Å². The molecule has 1 heterocycles. The van der Waals surface area contributed by atoms with Crippen LogP contribution in [0.1, 0.15) is 19.4 Å². The van der Waals surface area contributed by atoms with Crippen LogP contribution in [0, 0.1) is 0 Å². The van der Waals surface area contributed by atoms with Gasteiger partial charge in [-0.3, -0.25) is 0 Å². The van der Waals surface area contributed by atoms with Crippen molar-refractivity contribution in [1.29, 1.82) is 0 Å². The van der Waals surface area contributed by atoms with Crippen LogP contribution in [-0.2, 0) is 5.41 Å². The highest BCUT2D eigenvalue weighted by Crippen LogP contribution is 2.50. The van der Waals surface area contributed by atoms with Crippen LogP contribution >= 0.6 is 11.6 Å². The Balaban J connectivity index is 1.92. The number of nitrogens with zero attached hydrogens (tertiary/aromatic N) is 2. The lowest BCUT2D eigenvalue weighted by Gasteiger charge is -2.26. The van der Waals surface area contributed by atoms with Crippen LogP contribution in [-0.4, -0.2) is 5.12 Å². The number of rotatable bonds is 3. The fraction of sp³-hybridized carbons (Fsp3) is 0.250. The summed E-state index contributed by atoms with van der Waals surface area (Å²) in [7, 11) is 0. The maximum atomic E-state index is 6.29. The van der Waals surface area contributed by atoms with E-state index in [0.29, 0.717) is 0 Å². The topological polar surface area (TPSA) is 24.7 Å². The van der Waals surface area contributed by atoms with E-state index < -0.39 is 5.12 Å². The lowest BCUT2D eigenvalue weighted by molar-refractivity contribution is 0.460. The van der Waals surface area contributed by atoms with Crippen molar-refractivity contribution < 1.29 is 0 Å². The summed E-state index contributed by atoms with van der Waals surface area (Å²) in [6.45, 7) is 4.13. The quantitative estimate of drug-likeness (QED) is 0.554. The van der Waals surface area contributed by atoms with Gasteiger partial charge in [-0.1, -0.05) is 80.0 Å². The minimum atomic E-state index is -0.777. The van der Waals surface area contributed by atoms with E-state index in [1.807, 2.05) is 18.2 Å². The summed E-state index contributed by atoms with van der Waals surface area (Å²) in [5.41, 5.74) is 3.28. The molecule has 0 amide bonds. The van der Waals surface area contributed by atoms with Gasteiger partial charge in [0.25, 0.3) is 5.12 Å². The van der Waals surface area contributed by atoms with Crippen molar-refractivity contribution >= 4 is 11.6 Å². The lowest BCUT2D eigenvalue weighted by atomic mass is 9.82. The van der Waals surface area contributed by atoms with E-state index in [-0.39, 0.29) is 5.41 Å². The van der Waals surface area contributed by atoms with Gasteiger partial charge in [-0.2, -0.15) is 0 Å². The number of alkyl halides is 1. The molecule has 3 heteroatoms. The third-order valence-electron chi connectivity index (χ3n) is 3.78. The maximum Gasteiger partial charge on any atom is 0.272 e. The molecule has 1 aliphatic heterocycles. The van der Waals surface area contributed by atoms with Gasteiger partial charge in [0, 0.05) is 0 Å². The van der Waals surface area contributed by atoms with Gasteiger partial charge in [0.15, 0.2) is 0 Å². The van der Waals surface area contributed by atoms with Crippen LogP contribution in [0.2, 0.25) is 0 Å². The summed E-state index contributed by atoms with van der Waals surface area (Å²) in [6.07, 6.45) is 0. The van der Waals surface area contributed by atoms with Gasteiger partial charge in [-0.15, -0.1) is 10.2 Å². The second-order valence-corrected chi connectivity index (χ2v) is 5.88. The van der Waals surface area contributed by atoms with Crippen molar-refractivity contribution in [2.75, 3.05) is 0 Å². The highest BCUT2D eigenvalue weighted by molar-refractivity contribution is 6.25. The highest BCUT2D eigenvalue weighted by Gasteiger charge is 2.53. The molecule has 3 rings (SSSR count). The monoisotopic (exact) mass is 270 g/mol. The van der Waals surface area contributed by atoms with Gasteiger partial charge < -0.3 is 0 Å². The number of benzene rings is 2. The first-order chi connectivity index (χ1) is 9.03. The van der Waals surface area contributed by atoms with E-state index in [1.54, 1.807) is 0 Å². The van der Waals surface area contributed by atoms with Crippen LogP contribution in [0.5, 0.6) is 0 Å². The minimum Gasteiger partial charge on any atom is -0.140 e. The Labute approximate surface area is 118 Å². The lowest BCUT2D eigenvalue weighted by Crippen LogP contribution is -2.32. The number of hydrogen-bond acceptors (Lipinski definition) is 2. The molecule has 2 nitrogen and oxygen atoms in total. The Bertz CT molecular complexity index is 609. The second kappa shape index (κ2) is 4.17. The Morgan fingerprint density at radius 1 is 0.842 bits per heavy atom. The van der Waals surface area contributed by atoms with Gasteiger partial charge in [0.05, 0.1) is 5.41 Å². The predicted molar refractivity (Wildman–Crippen MR) is 78.3 cm³/mol. The molecule has 0 radical (unpaired) electrons. The second-order valence-electron chi connectivity index (χ2n) is 5.36. The number of hydrogen-bond donors (Lipinski definition) is 0. The van der Waals surface area contributed by atoms with Gasteiger partial charge in [0.1, 0.15) is 0 Å². The van der Waals surface area contributed by atoms with Crippen molar-refractivity contribution in [2.45, 2.75) is 24.4 Å². The first-order valence-electron chi connectivity index (χ1n) is 6.32. The molecule has 0 spiro atoms. The van der Waals surface area contributed by atoms with Crippen LogP contribution in [0.25, 0.3) is 11.1 Å². The Morgan fingerprint density at radius 2 is 1.37 bits per heavy atom. The van der Waals surface area contributed by atoms with E-state index in [0.717, 1.165) is 5.56 Å². The van der Waals surface area contributed by atoms with Crippen molar-refractivity contribution in [3.8, 4) is 11.1 Å². The third kappa shape index (κ3) is 2.06. The SMILES string of the molecule is CC(C)(c1ccc(-c2ccccc2)cc1)C1(Cl)N=N1. The van der Waals surface area contributed by atoms with Crippen molar-refractivity contribution in [3.05, 3.63) is 60.2 Å². The first-order valence-corrected chi connectivity index (χ1v) is 6.70. The average molecular weight is 271 g/mol. The third-order valence-corrected chi connectivity index (χ3v) is 4.41.